The minimum Gasteiger partial charge on any atom is -0.227 e. The van der Waals surface area contributed by atoms with Crippen LogP contribution in [-0.2, 0) is 6.54 Å². The van der Waals surface area contributed by atoms with Crippen molar-refractivity contribution in [2.75, 3.05) is 0 Å². The molecule has 0 saturated heterocycles. The van der Waals surface area contributed by atoms with Crippen molar-refractivity contribution in [2.24, 2.45) is 20.3 Å². The molecule has 0 aromatic heterocycles. The monoisotopic (exact) mass is 277 g/mol. The molecule has 0 amide bonds. The van der Waals surface area contributed by atoms with E-state index >= 15 is 0 Å². The van der Waals surface area contributed by atoms with Crippen LogP contribution in [-0.4, -0.2) is 28.2 Å². The Hall–Kier alpha value is -1.66. The summed E-state index contributed by atoms with van der Waals surface area (Å²) in [4.78, 5) is 8.62. The minimum absolute atomic E-state index is 0.326. The summed E-state index contributed by atoms with van der Waals surface area (Å²) < 4.78 is 0. The van der Waals surface area contributed by atoms with Gasteiger partial charge in [-0.3, -0.25) is 0 Å². The van der Waals surface area contributed by atoms with Gasteiger partial charge in [-0.15, -0.1) is 0 Å². The maximum Gasteiger partial charge on any atom is 0.184 e. The van der Waals surface area contributed by atoms with Crippen molar-refractivity contribution >= 4 is 41.0 Å². The molecule has 90 valence electrons. The van der Waals surface area contributed by atoms with Crippen LogP contribution < -0.4 is 0 Å². The second kappa shape index (κ2) is 4.55. The fourth-order valence-corrected chi connectivity index (χ4v) is 2.16. The molecule has 0 N–H and O–H groups in total. The molecule has 0 radical (unpaired) electrons. The van der Waals surface area contributed by atoms with Crippen LogP contribution in [0, 0.1) is 0 Å². The molecular weight excluding hydrogens is 270 g/mol. The first-order valence-electron chi connectivity index (χ1n) is 5.31. The fourth-order valence-electron chi connectivity index (χ4n) is 1.77. The SMILES string of the molecule is S=C1N=CN=C2C1N=NN2Cc1ccccc1Cl. The highest BCUT2D eigenvalue weighted by molar-refractivity contribution is 7.80. The molecule has 0 spiro atoms. The number of aliphatic imine (C=N–C) groups is 2. The minimum atomic E-state index is -0.326. The Balaban J connectivity index is 1.85. The van der Waals surface area contributed by atoms with Gasteiger partial charge >= 0.3 is 0 Å². The van der Waals surface area contributed by atoms with Crippen molar-refractivity contribution in [3.63, 3.8) is 0 Å². The predicted molar refractivity (Wildman–Crippen MR) is 74.2 cm³/mol. The lowest BCUT2D eigenvalue weighted by molar-refractivity contribution is 0.433. The van der Waals surface area contributed by atoms with E-state index in [0.29, 0.717) is 22.4 Å². The first-order chi connectivity index (χ1) is 8.75. The summed E-state index contributed by atoms with van der Waals surface area (Å²) in [6.07, 6.45) is 1.43. The Kier molecular flexibility index (Phi) is 2.89. The summed E-state index contributed by atoms with van der Waals surface area (Å²) in [7, 11) is 0. The molecule has 0 fully saturated rings. The molecule has 3 rings (SSSR count). The third kappa shape index (κ3) is 1.93. The van der Waals surface area contributed by atoms with Crippen LogP contribution in [0.15, 0.2) is 44.6 Å². The second-order valence-corrected chi connectivity index (χ2v) is 4.65. The summed E-state index contributed by atoms with van der Waals surface area (Å²) >= 11 is 11.2. The molecule has 1 aromatic rings. The molecule has 1 unspecified atom stereocenters. The summed E-state index contributed by atoms with van der Waals surface area (Å²) in [6, 6.07) is 7.28. The first-order valence-corrected chi connectivity index (χ1v) is 6.10. The Morgan fingerprint density at radius 2 is 2.17 bits per heavy atom. The summed E-state index contributed by atoms with van der Waals surface area (Å²) in [6.45, 7) is 0.523. The van der Waals surface area contributed by atoms with E-state index < -0.39 is 0 Å². The van der Waals surface area contributed by atoms with E-state index in [0.717, 1.165) is 5.56 Å². The van der Waals surface area contributed by atoms with Crippen molar-refractivity contribution in [1.82, 2.24) is 5.01 Å². The Morgan fingerprint density at radius 3 is 3.00 bits per heavy atom. The van der Waals surface area contributed by atoms with E-state index in [1.807, 2.05) is 24.3 Å². The zero-order chi connectivity index (χ0) is 12.5. The van der Waals surface area contributed by atoms with E-state index in [1.54, 1.807) is 5.01 Å². The molecule has 1 aromatic carbocycles. The average molecular weight is 278 g/mol. The van der Waals surface area contributed by atoms with Crippen LogP contribution in [0.1, 0.15) is 5.56 Å². The maximum atomic E-state index is 6.12. The third-order valence-corrected chi connectivity index (χ3v) is 3.37. The number of amidine groups is 1. The molecule has 5 nitrogen and oxygen atoms in total. The van der Waals surface area contributed by atoms with Crippen LogP contribution in [0.3, 0.4) is 0 Å². The highest BCUT2D eigenvalue weighted by Crippen LogP contribution is 2.23. The molecule has 2 heterocycles. The molecule has 0 aliphatic carbocycles. The Morgan fingerprint density at radius 1 is 1.33 bits per heavy atom. The largest absolute Gasteiger partial charge is 0.227 e. The van der Waals surface area contributed by atoms with Crippen molar-refractivity contribution in [1.29, 1.82) is 0 Å². The number of benzene rings is 1. The number of nitrogens with zero attached hydrogens (tertiary/aromatic N) is 5. The lowest BCUT2D eigenvalue weighted by atomic mass is 10.2. The fraction of sp³-hybridized carbons (Fsp3) is 0.182. The van der Waals surface area contributed by atoms with E-state index in [4.69, 9.17) is 23.8 Å². The van der Waals surface area contributed by atoms with E-state index in [1.165, 1.54) is 6.34 Å². The summed E-state index contributed by atoms with van der Waals surface area (Å²) in [5.74, 6) is 0.704. The molecule has 18 heavy (non-hydrogen) atoms. The molecular formula is C11H8ClN5S. The number of hydrogen-bond acceptors (Lipinski definition) is 5. The standard InChI is InChI=1S/C11H8ClN5S/c12-8-4-2-1-3-7(8)5-17-10-9(15-16-17)11(18)14-6-13-10/h1-4,6,9H,5H2. The molecule has 1 atom stereocenters. The maximum absolute atomic E-state index is 6.12. The highest BCUT2D eigenvalue weighted by Gasteiger charge is 2.33. The van der Waals surface area contributed by atoms with Gasteiger partial charge in [-0.25, -0.2) is 15.0 Å². The zero-order valence-corrected chi connectivity index (χ0v) is 10.8. The van der Waals surface area contributed by atoms with Gasteiger partial charge < -0.3 is 0 Å². The van der Waals surface area contributed by atoms with Gasteiger partial charge in [-0.1, -0.05) is 47.2 Å². The number of rotatable bonds is 2. The van der Waals surface area contributed by atoms with Crippen molar-refractivity contribution in [2.45, 2.75) is 12.6 Å². The summed E-state index contributed by atoms with van der Waals surface area (Å²) in [5, 5.41) is 10.5. The van der Waals surface area contributed by atoms with Crippen LogP contribution in [0.5, 0.6) is 0 Å². The Bertz CT molecular complexity index is 595. The van der Waals surface area contributed by atoms with Crippen molar-refractivity contribution in [3.05, 3.63) is 34.9 Å². The molecule has 2 aliphatic heterocycles. The van der Waals surface area contributed by atoms with Gasteiger partial charge in [0.15, 0.2) is 11.9 Å². The predicted octanol–water partition coefficient (Wildman–Crippen LogP) is 2.66. The molecule has 0 saturated carbocycles. The van der Waals surface area contributed by atoms with Crippen molar-refractivity contribution in [3.8, 4) is 0 Å². The van der Waals surface area contributed by atoms with Crippen LogP contribution in [0.25, 0.3) is 0 Å². The Labute approximate surface area is 114 Å². The lowest BCUT2D eigenvalue weighted by Crippen LogP contribution is -2.34. The number of halogens is 1. The van der Waals surface area contributed by atoms with Crippen LogP contribution >= 0.6 is 23.8 Å². The number of hydrogen-bond donors (Lipinski definition) is 0. The molecule has 7 heteroatoms. The highest BCUT2D eigenvalue weighted by atomic mass is 35.5. The lowest BCUT2D eigenvalue weighted by Gasteiger charge is -2.17. The smallest absolute Gasteiger partial charge is 0.184 e. The topological polar surface area (TPSA) is 52.7 Å². The van der Waals surface area contributed by atoms with E-state index in [9.17, 15) is 0 Å². The number of thiocarbonyl (C=S) groups is 1. The average Bonchev–Trinajstić information content (AvgIpc) is 2.77. The van der Waals surface area contributed by atoms with Gasteiger partial charge in [0.1, 0.15) is 11.3 Å². The van der Waals surface area contributed by atoms with E-state index in [2.05, 4.69) is 20.3 Å². The summed E-state index contributed by atoms with van der Waals surface area (Å²) in [5.41, 5.74) is 0.967. The van der Waals surface area contributed by atoms with Gasteiger partial charge in [0.05, 0.1) is 6.54 Å². The van der Waals surface area contributed by atoms with Gasteiger partial charge in [-0.2, -0.15) is 5.11 Å². The zero-order valence-electron chi connectivity index (χ0n) is 9.19. The van der Waals surface area contributed by atoms with Crippen LogP contribution in [0.4, 0.5) is 0 Å². The molecule has 2 aliphatic rings. The van der Waals surface area contributed by atoms with E-state index in [-0.39, 0.29) is 6.04 Å². The number of fused-ring (bicyclic) bond motifs is 1. The van der Waals surface area contributed by atoms with Gasteiger partial charge in [-0.05, 0) is 11.6 Å². The quantitative estimate of drug-likeness (QED) is 0.781. The third-order valence-electron chi connectivity index (χ3n) is 2.67. The normalized spacial score (nSPS) is 21.2. The first kappa shape index (κ1) is 11.4. The van der Waals surface area contributed by atoms with Crippen molar-refractivity contribution < 1.29 is 0 Å². The molecule has 0 bridgehead atoms. The van der Waals surface area contributed by atoms with Gasteiger partial charge in [0.25, 0.3) is 0 Å². The van der Waals surface area contributed by atoms with Gasteiger partial charge in [0, 0.05) is 5.02 Å². The van der Waals surface area contributed by atoms with Gasteiger partial charge in [0.2, 0.25) is 0 Å². The second-order valence-electron chi connectivity index (χ2n) is 3.83. The van der Waals surface area contributed by atoms with Crippen LogP contribution in [0.2, 0.25) is 5.02 Å².